The molecular formula is C10H10FN3O. The smallest absolute Gasteiger partial charge is 0.243 e. The van der Waals surface area contributed by atoms with Crippen LogP contribution < -0.4 is 11.1 Å². The lowest BCUT2D eigenvalue weighted by Crippen LogP contribution is -2.35. The molecule has 1 aromatic rings. The number of carbonyl (C=O) groups is 1. The van der Waals surface area contributed by atoms with Gasteiger partial charge < -0.3 is 11.1 Å². The third-order valence-electron chi connectivity index (χ3n) is 1.64. The summed E-state index contributed by atoms with van der Waals surface area (Å²) < 4.78 is 12.6. The number of nitrogens with two attached hydrogens (primary N) is 1. The molecule has 0 aliphatic heterocycles. The second-order valence-corrected chi connectivity index (χ2v) is 2.85. The van der Waals surface area contributed by atoms with Gasteiger partial charge in [0.25, 0.3) is 0 Å². The maximum atomic E-state index is 12.6. The third-order valence-corrected chi connectivity index (χ3v) is 1.64. The molecule has 1 amide bonds. The first kappa shape index (κ1) is 11.1. The molecule has 1 atom stereocenters. The molecule has 0 fully saturated rings. The molecule has 78 valence electrons. The van der Waals surface area contributed by atoms with Gasteiger partial charge in [-0.15, -0.1) is 12.3 Å². The van der Waals surface area contributed by atoms with Gasteiger partial charge in [0.1, 0.15) is 5.82 Å². The minimum absolute atomic E-state index is 0.118. The van der Waals surface area contributed by atoms with Gasteiger partial charge >= 0.3 is 0 Å². The Bertz CT molecular complexity index is 400. The number of nitrogens with zero attached hydrogens (tertiary/aromatic N) is 1. The van der Waals surface area contributed by atoms with Crippen LogP contribution in [0.25, 0.3) is 0 Å². The van der Waals surface area contributed by atoms with Gasteiger partial charge in [0.2, 0.25) is 11.9 Å². The molecule has 0 aliphatic carbocycles. The highest BCUT2D eigenvalue weighted by Gasteiger charge is 2.12. The second kappa shape index (κ2) is 5.08. The average molecular weight is 207 g/mol. The maximum Gasteiger partial charge on any atom is 0.243 e. The van der Waals surface area contributed by atoms with E-state index in [1.54, 1.807) is 0 Å². The summed E-state index contributed by atoms with van der Waals surface area (Å²) in [5.41, 5.74) is 5.44. The van der Waals surface area contributed by atoms with Crippen molar-refractivity contribution in [1.82, 2.24) is 4.98 Å². The van der Waals surface area contributed by atoms with Crippen LogP contribution >= 0.6 is 0 Å². The molecule has 1 unspecified atom stereocenters. The third kappa shape index (κ3) is 3.37. The van der Waals surface area contributed by atoms with Crippen LogP contribution in [0, 0.1) is 18.3 Å². The number of pyridine rings is 1. The van der Waals surface area contributed by atoms with Gasteiger partial charge in [0.05, 0.1) is 6.04 Å². The molecule has 1 aromatic heterocycles. The topological polar surface area (TPSA) is 68.0 Å². The van der Waals surface area contributed by atoms with Gasteiger partial charge in [-0.25, -0.2) is 4.98 Å². The zero-order chi connectivity index (χ0) is 11.3. The molecule has 3 N–H and O–H groups in total. The minimum atomic E-state index is -0.805. The van der Waals surface area contributed by atoms with E-state index >= 15 is 0 Å². The minimum Gasteiger partial charge on any atom is -0.319 e. The van der Waals surface area contributed by atoms with Crippen LogP contribution in [0.5, 0.6) is 0 Å². The molecule has 1 rings (SSSR count). The Morgan fingerprint density at radius 2 is 2.47 bits per heavy atom. The normalized spacial score (nSPS) is 11.5. The molecule has 0 aliphatic rings. The SMILES string of the molecule is C#CCC(N)C(=O)Nc1cccc(F)n1. The molecule has 0 spiro atoms. The van der Waals surface area contributed by atoms with E-state index < -0.39 is 17.9 Å². The van der Waals surface area contributed by atoms with E-state index in [1.165, 1.54) is 18.2 Å². The summed E-state index contributed by atoms with van der Waals surface area (Å²) in [6.07, 6.45) is 5.13. The van der Waals surface area contributed by atoms with E-state index in [4.69, 9.17) is 12.2 Å². The summed E-state index contributed by atoms with van der Waals surface area (Å²) in [6, 6.07) is 3.27. The summed E-state index contributed by atoms with van der Waals surface area (Å²) in [7, 11) is 0. The van der Waals surface area contributed by atoms with Crippen LogP contribution in [0.1, 0.15) is 6.42 Å². The second-order valence-electron chi connectivity index (χ2n) is 2.85. The Morgan fingerprint density at radius 1 is 1.73 bits per heavy atom. The Hall–Kier alpha value is -1.93. The monoisotopic (exact) mass is 207 g/mol. The van der Waals surface area contributed by atoms with Crippen molar-refractivity contribution in [1.29, 1.82) is 0 Å². The van der Waals surface area contributed by atoms with E-state index in [9.17, 15) is 9.18 Å². The number of nitrogens with one attached hydrogen (secondary N) is 1. The quantitative estimate of drug-likeness (QED) is 0.560. The predicted octanol–water partition coefficient (Wildman–Crippen LogP) is 0.510. The first-order valence-electron chi connectivity index (χ1n) is 4.26. The van der Waals surface area contributed by atoms with Crippen molar-refractivity contribution in [2.24, 2.45) is 5.73 Å². The number of carbonyl (C=O) groups excluding carboxylic acids is 1. The molecule has 0 saturated carbocycles. The highest BCUT2D eigenvalue weighted by Crippen LogP contribution is 2.04. The molecule has 0 radical (unpaired) electrons. The number of aromatic nitrogens is 1. The number of terminal acetylenes is 1. The van der Waals surface area contributed by atoms with Crippen LogP contribution in [0.4, 0.5) is 10.2 Å². The van der Waals surface area contributed by atoms with Gasteiger partial charge in [-0.2, -0.15) is 4.39 Å². The maximum absolute atomic E-state index is 12.6. The molecule has 1 heterocycles. The fourth-order valence-electron chi connectivity index (χ4n) is 0.916. The van der Waals surface area contributed by atoms with Crippen LogP contribution in [0.15, 0.2) is 18.2 Å². The van der Waals surface area contributed by atoms with Gasteiger partial charge in [0.15, 0.2) is 0 Å². The Kier molecular flexibility index (Phi) is 3.77. The molecule has 15 heavy (non-hydrogen) atoms. The molecule has 4 nitrogen and oxygen atoms in total. The first-order chi connectivity index (χ1) is 7.13. The number of halogens is 1. The number of hydrogen-bond acceptors (Lipinski definition) is 3. The fourth-order valence-corrected chi connectivity index (χ4v) is 0.916. The Labute approximate surface area is 86.7 Å². The summed E-state index contributed by atoms with van der Waals surface area (Å²) >= 11 is 0. The number of hydrogen-bond donors (Lipinski definition) is 2. The van der Waals surface area contributed by atoms with Crippen LogP contribution in [-0.2, 0) is 4.79 Å². The van der Waals surface area contributed by atoms with Crippen LogP contribution in [-0.4, -0.2) is 16.9 Å². The molecule has 0 bridgehead atoms. The van der Waals surface area contributed by atoms with E-state index in [1.807, 2.05) is 0 Å². The largest absolute Gasteiger partial charge is 0.319 e. The summed E-state index contributed by atoms with van der Waals surface area (Å²) in [4.78, 5) is 14.8. The number of anilines is 1. The van der Waals surface area contributed by atoms with Crippen molar-refractivity contribution in [3.63, 3.8) is 0 Å². The summed E-state index contributed by atoms with van der Waals surface area (Å²) in [6.45, 7) is 0. The molecule has 0 saturated heterocycles. The van der Waals surface area contributed by atoms with Gasteiger partial charge in [-0.1, -0.05) is 6.07 Å². The zero-order valence-corrected chi connectivity index (χ0v) is 7.90. The standard InChI is InChI=1S/C10H10FN3O/c1-2-4-7(12)10(15)14-9-6-3-5-8(11)13-9/h1,3,5-7H,4,12H2,(H,13,14,15). The van der Waals surface area contributed by atoms with Crippen molar-refractivity contribution >= 4 is 11.7 Å². The van der Waals surface area contributed by atoms with Gasteiger partial charge in [-0.05, 0) is 12.1 Å². The molecule has 5 heteroatoms. The highest BCUT2D eigenvalue weighted by atomic mass is 19.1. The van der Waals surface area contributed by atoms with Crippen molar-refractivity contribution in [2.75, 3.05) is 5.32 Å². The highest BCUT2D eigenvalue weighted by molar-refractivity contribution is 5.94. The lowest BCUT2D eigenvalue weighted by atomic mass is 10.2. The van der Waals surface area contributed by atoms with Crippen molar-refractivity contribution in [3.8, 4) is 12.3 Å². The predicted molar refractivity (Wildman–Crippen MR) is 54.3 cm³/mol. The summed E-state index contributed by atoms with van der Waals surface area (Å²) in [5, 5.41) is 2.36. The van der Waals surface area contributed by atoms with Crippen molar-refractivity contribution in [2.45, 2.75) is 12.5 Å². The zero-order valence-electron chi connectivity index (χ0n) is 7.90. The summed E-state index contributed by atoms with van der Waals surface area (Å²) in [5.74, 6) is 1.23. The lowest BCUT2D eigenvalue weighted by molar-refractivity contribution is -0.117. The van der Waals surface area contributed by atoms with Crippen molar-refractivity contribution < 1.29 is 9.18 Å². The van der Waals surface area contributed by atoms with Gasteiger partial charge in [-0.3, -0.25) is 4.79 Å². The van der Waals surface area contributed by atoms with E-state index in [2.05, 4.69) is 16.2 Å². The van der Waals surface area contributed by atoms with Gasteiger partial charge in [0, 0.05) is 6.42 Å². The van der Waals surface area contributed by atoms with E-state index in [0.717, 1.165) is 0 Å². The van der Waals surface area contributed by atoms with Crippen molar-refractivity contribution in [3.05, 3.63) is 24.1 Å². The Balaban J connectivity index is 2.63. The van der Waals surface area contributed by atoms with E-state index in [0.29, 0.717) is 0 Å². The number of amides is 1. The fraction of sp³-hybridized carbons (Fsp3) is 0.200. The molecular weight excluding hydrogens is 197 g/mol. The molecule has 0 aromatic carbocycles. The van der Waals surface area contributed by atoms with Crippen LogP contribution in [0.3, 0.4) is 0 Å². The lowest BCUT2D eigenvalue weighted by Gasteiger charge is -2.08. The average Bonchev–Trinajstić information content (AvgIpc) is 2.18. The van der Waals surface area contributed by atoms with E-state index in [-0.39, 0.29) is 12.2 Å². The number of rotatable bonds is 3. The Morgan fingerprint density at radius 3 is 3.07 bits per heavy atom. The van der Waals surface area contributed by atoms with Crippen LogP contribution in [0.2, 0.25) is 0 Å². The first-order valence-corrected chi connectivity index (χ1v) is 4.26.